The van der Waals surface area contributed by atoms with E-state index in [0.717, 1.165) is 4.68 Å². The minimum atomic E-state index is -4.77. The van der Waals surface area contributed by atoms with Crippen molar-refractivity contribution < 1.29 is 19.3 Å². The summed E-state index contributed by atoms with van der Waals surface area (Å²) in [6.45, 7) is -0.602. The molecule has 0 saturated heterocycles. The lowest BCUT2D eigenvalue weighted by atomic mass is 10.4. The molecule has 0 spiro atoms. The van der Waals surface area contributed by atoms with Crippen molar-refractivity contribution in [1.29, 1.82) is 0 Å². The summed E-state index contributed by atoms with van der Waals surface area (Å²) >= 11 is 0. The summed E-state index contributed by atoms with van der Waals surface area (Å²) in [5.74, 6) is -0.423. The van der Waals surface area contributed by atoms with Gasteiger partial charge in [0.2, 0.25) is 5.88 Å². The van der Waals surface area contributed by atoms with Crippen molar-refractivity contribution in [3.05, 3.63) is 34.8 Å². The van der Waals surface area contributed by atoms with Crippen molar-refractivity contribution in [3.8, 4) is 11.7 Å². The molecule has 23 heavy (non-hydrogen) atoms. The monoisotopic (exact) mass is 332 g/mol. The number of alkyl halides is 3. The van der Waals surface area contributed by atoms with Gasteiger partial charge in [-0.3, -0.25) is 5.09 Å². The molecule has 0 aliphatic heterocycles. The van der Waals surface area contributed by atoms with Crippen molar-refractivity contribution in [3.63, 3.8) is 0 Å². The highest BCUT2D eigenvalue weighted by molar-refractivity contribution is 5.28. The quantitative estimate of drug-likeness (QED) is 0.717. The normalized spacial score (nSPS) is 12.4. The number of aryl methyl sites for hydroxylation is 1. The van der Waals surface area contributed by atoms with E-state index in [4.69, 9.17) is 6.15 Å². The largest absolute Gasteiger partial charge is 0.490 e. The fourth-order valence-corrected chi connectivity index (χ4v) is 1.78. The molecule has 1 N–H and O–H groups in total. The maximum absolute atomic E-state index is 13.1. The zero-order chi connectivity index (χ0) is 17.5. The van der Waals surface area contributed by atoms with Gasteiger partial charge < -0.3 is 4.74 Å². The smallest absolute Gasteiger partial charge is 0.470 e. The lowest BCUT2D eigenvalue weighted by Crippen LogP contribution is -2.25. The van der Waals surface area contributed by atoms with Crippen LogP contribution in [0.4, 0.5) is 13.2 Å². The third-order valence-electron chi connectivity index (χ3n) is 2.84. The van der Waals surface area contributed by atoms with Gasteiger partial charge in [-0.05, 0) is 10.4 Å². The zero-order valence-electron chi connectivity index (χ0n) is 12.5. The van der Waals surface area contributed by atoms with Crippen LogP contribution < -0.4 is 10.4 Å². The van der Waals surface area contributed by atoms with E-state index < -0.39 is 24.3 Å². The first-order valence-corrected chi connectivity index (χ1v) is 6.08. The highest BCUT2D eigenvalue weighted by Gasteiger charge is 2.35. The van der Waals surface area contributed by atoms with E-state index in [1.807, 2.05) is 0 Å². The molecule has 0 bridgehead atoms. The van der Waals surface area contributed by atoms with Gasteiger partial charge in [0.15, 0.2) is 7.23 Å². The molecule has 3 heterocycles. The van der Waals surface area contributed by atoms with Crippen LogP contribution in [0.5, 0.6) is 5.88 Å². The molecular formula is C10H9F3N8O2. The van der Waals surface area contributed by atoms with Crippen molar-refractivity contribution in [1.82, 2.24) is 39.5 Å². The average molecular weight is 332 g/mol. The Kier molecular flexibility index (Phi) is 3.09. The van der Waals surface area contributed by atoms with E-state index in [1.165, 1.54) is 19.3 Å². The second kappa shape index (κ2) is 5.26. The van der Waals surface area contributed by atoms with Gasteiger partial charge in [-0.15, -0.1) is 23.0 Å². The fourth-order valence-electron chi connectivity index (χ4n) is 1.78. The Morgan fingerprint density at radius 3 is 2.78 bits per heavy atom. The van der Waals surface area contributed by atoms with Gasteiger partial charge in [-0.2, -0.15) is 4.68 Å². The van der Waals surface area contributed by atoms with Crippen molar-refractivity contribution >= 4 is 0 Å². The Bertz CT molecular complexity index is 923. The Hall–Kier alpha value is -3.12. The summed E-state index contributed by atoms with van der Waals surface area (Å²) in [6.07, 6.45) is -3.02. The van der Waals surface area contributed by atoms with Crippen LogP contribution in [0, 0.1) is 0 Å². The second-order valence-electron chi connectivity index (χ2n) is 4.31. The Morgan fingerprint density at radius 2 is 2.22 bits per heavy atom. The van der Waals surface area contributed by atoms with E-state index in [2.05, 4.69) is 20.5 Å². The number of hydrogen-bond acceptors (Lipinski definition) is 6. The van der Waals surface area contributed by atoms with Gasteiger partial charge >= 0.3 is 12.0 Å². The van der Waals surface area contributed by atoms with Gasteiger partial charge in [-0.1, -0.05) is 0 Å². The number of ether oxygens (including phenoxy) is 1. The number of hydrogen-bond donors (Lipinski definition) is 1. The third-order valence-corrected chi connectivity index (χ3v) is 2.84. The van der Waals surface area contributed by atoms with Crippen molar-refractivity contribution in [2.75, 3.05) is 0 Å². The molecule has 3 rings (SSSR count). The molecule has 0 atom stereocenters. The summed E-state index contributed by atoms with van der Waals surface area (Å²) < 4.78 is 53.0. The first-order chi connectivity index (χ1) is 11.3. The number of H-pyrrole nitrogens is 1. The standard InChI is InChI=1S/C10H9F3N8O2/c1-19-9(22)21(18-17-19)8-6(4-23-7-2-3-15-16-7)20(5-14-8)10(11,12)13/h2-3,5H,4H2,1H3,(H,15,16)/i/hT. The minimum absolute atomic E-state index is 0.0580. The average Bonchev–Trinajstić information content (AvgIpc) is 3.17. The number of nitrogens with zero attached hydrogens (tertiary/aromatic N) is 7. The molecule has 0 saturated carbocycles. The predicted octanol–water partition coefficient (Wildman–Crippen LogP) is -0.0591. The number of aromatic nitrogens is 8. The highest BCUT2D eigenvalue weighted by Crippen LogP contribution is 2.27. The number of nitrogens with one attached hydrogen (secondary N) is 1. The van der Waals surface area contributed by atoms with E-state index in [0.29, 0.717) is 16.1 Å². The van der Waals surface area contributed by atoms with Crippen LogP contribution in [0.1, 0.15) is 5.69 Å². The summed E-state index contributed by atoms with van der Waals surface area (Å²) in [7, 11) is 1.30. The van der Waals surface area contributed by atoms with Crippen LogP contribution in [0.3, 0.4) is 0 Å². The topological polar surface area (TPSA) is 108 Å². The molecule has 0 aromatic carbocycles. The van der Waals surface area contributed by atoms with Crippen LogP contribution in [0.2, 0.25) is 1.41 Å². The number of imidazole rings is 1. The number of rotatable bonds is 4. The predicted molar refractivity (Wildman–Crippen MR) is 66.6 cm³/mol. The summed E-state index contributed by atoms with van der Waals surface area (Å²) in [5, 5.41) is 11.2. The van der Waals surface area contributed by atoms with Crippen LogP contribution in [-0.2, 0) is 20.0 Å². The number of tetrazole rings is 1. The van der Waals surface area contributed by atoms with E-state index in [-0.39, 0.29) is 16.3 Å². The lowest BCUT2D eigenvalue weighted by Gasteiger charge is -2.12. The van der Waals surface area contributed by atoms with Gasteiger partial charge in [0.05, 0.1) is 0 Å². The van der Waals surface area contributed by atoms with Gasteiger partial charge in [0.25, 0.3) is 0 Å². The van der Waals surface area contributed by atoms with Crippen LogP contribution in [0.15, 0.2) is 23.4 Å². The zero-order valence-corrected chi connectivity index (χ0v) is 11.5. The van der Waals surface area contributed by atoms with Crippen LogP contribution in [-0.4, -0.2) is 39.5 Å². The molecule has 0 aliphatic rings. The molecule has 122 valence electrons. The fraction of sp³-hybridized carbons (Fsp3) is 0.300. The Balaban J connectivity index is 2.02. The third kappa shape index (κ3) is 2.67. The van der Waals surface area contributed by atoms with Gasteiger partial charge in [0, 0.05) is 19.3 Å². The molecule has 13 heteroatoms. The van der Waals surface area contributed by atoms with E-state index in [9.17, 15) is 18.0 Å². The number of aromatic amines is 1. The Labute approximate surface area is 126 Å². The molecular weight excluding hydrogens is 321 g/mol. The van der Waals surface area contributed by atoms with Crippen LogP contribution in [0.25, 0.3) is 5.82 Å². The molecule has 0 unspecified atom stereocenters. The highest BCUT2D eigenvalue weighted by atomic mass is 19.4. The molecule has 3 aromatic rings. The number of halogens is 3. The maximum Gasteiger partial charge on any atom is 0.490 e. The Morgan fingerprint density at radius 1 is 1.43 bits per heavy atom. The lowest BCUT2D eigenvalue weighted by molar-refractivity contribution is -0.206. The molecule has 0 amide bonds. The van der Waals surface area contributed by atoms with Crippen LogP contribution >= 0.6 is 0 Å². The molecule has 10 nitrogen and oxygen atoms in total. The van der Waals surface area contributed by atoms with E-state index >= 15 is 0 Å². The molecule has 0 fully saturated rings. The molecule has 0 radical (unpaired) electrons. The maximum atomic E-state index is 13.1. The van der Waals surface area contributed by atoms with Gasteiger partial charge in [-0.25, -0.2) is 14.3 Å². The van der Waals surface area contributed by atoms with Crippen molar-refractivity contribution in [2.45, 2.75) is 12.9 Å². The summed E-state index contributed by atoms with van der Waals surface area (Å²) in [6, 6.07) is 1.30. The van der Waals surface area contributed by atoms with Crippen molar-refractivity contribution in [2.24, 2.45) is 7.05 Å². The summed E-state index contributed by atoms with van der Waals surface area (Å²) in [4.78, 5) is 15.4. The SMILES string of the molecule is [3H]n1ccc(OCc2c(-n3nnn(C)c3=O)ncn2C(F)(F)F)n1. The van der Waals surface area contributed by atoms with E-state index in [1.54, 1.807) is 0 Å². The second-order valence-corrected chi connectivity index (χ2v) is 4.31. The van der Waals surface area contributed by atoms with Gasteiger partial charge in [0.1, 0.15) is 18.6 Å². The minimum Gasteiger partial charge on any atom is -0.470 e. The first kappa shape index (κ1) is 13.5. The molecule has 3 aromatic heterocycles. The molecule has 0 aliphatic carbocycles. The summed E-state index contributed by atoms with van der Waals surface area (Å²) in [5.41, 5.74) is -1.23. The first-order valence-electron chi connectivity index (χ1n) is 6.52.